The highest BCUT2D eigenvalue weighted by atomic mass is 19.1. The number of hydrogen-bond donors (Lipinski definition) is 3. The first-order valence-electron chi connectivity index (χ1n) is 9.04. The topological polar surface area (TPSA) is 91.5 Å². The molecule has 2 aromatic heterocycles. The SMILES string of the molecule is Cc1cc2ncc(C(=O)Nc3ccc(O)cc3F)n2nc1NCc1ccc(F)cc1. The Morgan fingerprint density at radius 2 is 1.90 bits per heavy atom. The number of anilines is 2. The Morgan fingerprint density at radius 3 is 2.63 bits per heavy atom. The molecule has 0 saturated carbocycles. The van der Waals surface area contributed by atoms with Crippen molar-refractivity contribution >= 4 is 23.1 Å². The third kappa shape index (κ3) is 3.90. The third-order valence-corrected chi connectivity index (χ3v) is 4.49. The Balaban J connectivity index is 1.59. The summed E-state index contributed by atoms with van der Waals surface area (Å²) in [6, 6.07) is 11.3. The number of amides is 1. The molecular formula is C21H17F2N5O2. The van der Waals surface area contributed by atoms with Crippen LogP contribution in [0.25, 0.3) is 5.65 Å². The minimum Gasteiger partial charge on any atom is -0.508 e. The smallest absolute Gasteiger partial charge is 0.276 e. The van der Waals surface area contributed by atoms with Crippen LogP contribution in [-0.4, -0.2) is 25.6 Å². The van der Waals surface area contributed by atoms with Gasteiger partial charge in [-0.2, -0.15) is 0 Å². The van der Waals surface area contributed by atoms with Crippen molar-refractivity contribution in [2.75, 3.05) is 10.6 Å². The molecule has 3 N–H and O–H groups in total. The quantitative estimate of drug-likeness (QED) is 0.435. The third-order valence-electron chi connectivity index (χ3n) is 4.49. The maximum atomic E-state index is 13.9. The number of carbonyl (C=O) groups is 1. The molecule has 1 amide bonds. The number of aromatic nitrogens is 3. The van der Waals surface area contributed by atoms with Crippen molar-refractivity contribution in [3.63, 3.8) is 0 Å². The molecule has 0 bridgehead atoms. The lowest BCUT2D eigenvalue weighted by Crippen LogP contribution is -2.17. The summed E-state index contributed by atoms with van der Waals surface area (Å²) in [7, 11) is 0. The monoisotopic (exact) mass is 409 g/mol. The zero-order chi connectivity index (χ0) is 21.3. The summed E-state index contributed by atoms with van der Waals surface area (Å²) in [5.74, 6) is -1.40. The number of phenolic OH excluding ortho intramolecular Hbond substituents is 1. The molecule has 2 heterocycles. The number of imidazole rings is 1. The lowest BCUT2D eigenvalue weighted by Gasteiger charge is -2.10. The summed E-state index contributed by atoms with van der Waals surface area (Å²) in [5, 5.41) is 19.3. The van der Waals surface area contributed by atoms with E-state index in [1.807, 2.05) is 6.92 Å². The number of nitrogens with zero attached hydrogens (tertiary/aromatic N) is 3. The maximum Gasteiger partial charge on any atom is 0.276 e. The molecule has 0 atom stereocenters. The van der Waals surface area contributed by atoms with Crippen LogP contribution in [0, 0.1) is 18.6 Å². The van der Waals surface area contributed by atoms with Crippen LogP contribution < -0.4 is 10.6 Å². The normalized spacial score (nSPS) is 10.9. The van der Waals surface area contributed by atoms with Gasteiger partial charge in [0.05, 0.1) is 11.9 Å². The minimum absolute atomic E-state index is 0.0745. The zero-order valence-electron chi connectivity index (χ0n) is 15.9. The first kappa shape index (κ1) is 19.3. The second kappa shape index (κ2) is 7.78. The van der Waals surface area contributed by atoms with Gasteiger partial charge in [-0.1, -0.05) is 12.1 Å². The van der Waals surface area contributed by atoms with Gasteiger partial charge in [-0.05, 0) is 48.4 Å². The van der Waals surface area contributed by atoms with Crippen molar-refractivity contribution in [2.24, 2.45) is 0 Å². The maximum absolute atomic E-state index is 13.9. The van der Waals surface area contributed by atoms with Crippen LogP contribution >= 0.6 is 0 Å². The van der Waals surface area contributed by atoms with E-state index in [9.17, 15) is 18.7 Å². The first-order chi connectivity index (χ1) is 14.4. The Hall–Kier alpha value is -4.01. The molecule has 30 heavy (non-hydrogen) atoms. The van der Waals surface area contributed by atoms with E-state index in [4.69, 9.17) is 0 Å². The molecule has 0 aliphatic rings. The predicted octanol–water partition coefficient (Wildman–Crippen LogP) is 3.89. The molecule has 2 aromatic carbocycles. The van der Waals surface area contributed by atoms with Gasteiger partial charge in [0.25, 0.3) is 5.91 Å². The summed E-state index contributed by atoms with van der Waals surface area (Å²) < 4.78 is 28.3. The van der Waals surface area contributed by atoms with Crippen molar-refractivity contribution < 1.29 is 18.7 Å². The number of aryl methyl sites for hydroxylation is 1. The lowest BCUT2D eigenvalue weighted by molar-refractivity contribution is 0.102. The van der Waals surface area contributed by atoms with E-state index in [-0.39, 0.29) is 22.9 Å². The second-order valence-corrected chi connectivity index (χ2v) is 6.69. The van der Waals surface area contributed by atoms with E-state index in [1.54, 1.807) is 18.2 Å². The van der Waals surface area contributed by atoms with Crippen LogP contribution in [0.4, 0.5) is 20.3 Å². The molecule has 9 heteroatoms. The Bertz CT molecular complexity index is 1240. The van der Waals surface area contributed by atoms with Gasteiger partial charge in [-0.15, -0.1) is 5.10 Å². The number of carbonyl (C=O) groups excluding carboxylic acids is 1. The van der Waals surface area contributed by atoms with Gasteiger partial charge in [0.2, 0.25) is 0 Å². The molecule has 4 rings (SSSR count). The molecule has 0 fully saturated rings. The molecule has 7 nitrogen and oxygen atoms in total. The van der Waals surface area contributed by atoms with Crippen LogP contribution in [0.3, 0.4) is 0 Å². The van der Waals surface area contributed by atoms with Gasteiger partial charge < -0.3 is 15.7 Å². The number of halogens is 2. The van der Waals surface area contributed by atoms with Crippen molar-refractivity contribution in [3.8, 4) is 5.75 Å². The average Bonchev–Trinajstić information content (AvgIpc) is 3.12. The van der Waals surface area contributed by atoms with Crippen molar-refractivity contribution in [1.82, 2.24) is 14.6 Å². The summed E-state index contributed by atoms with van der Waals surface area (Å²) >= 11 is 0. The van der Waals surface area contributed by atoms with Crippen molar-refractivity contribution in [1.29, 1.82) is 0 Å². The van der Waals surface area contributed by atoms with Gasteiger partial charge in [-0.25, -0.2) is 18.3 Å². The number of aromatic hydroxyl groups is 1. The van der Waals surface area contributed by atoms with Crippen LogP contribution in [0.15, 0.2) is 54.7 Å². The number of fused-ring (bicyclic) bond motifs is 1. The molecule has 4 aromatic rings. The lowest BCUT2D eigenvalue weighted by atomic mass is 10.2. The highest BCUT2D eigenvalue weighted by Crippen LogP contribution is 2.21. The summed E-state index contributed by atoms with van der Waals surface area (Å²) in [5.41, 5.74) is 2.17. The molecule has 0 saturated heterocycles. The van der Waals surface area contributed by atoms with Crippen LogP contribution in [0.1, 0.15) is 21.6 Å². The Labute approximate surface area is 170 Å². The van der Waals surface area contributed by atoms with E-state index < -0.39 is 11.7 Å². The number of phenols is 1. The Kier molecular flexibility index (Phi) is 5.01. The van der Waals surface area contributed by atoms with Gasteiger partial charge in [0, 0.05) is 12.6 Å². The van der Waals surface area contributed by atoms with Gasteiger partial charge in [0.1, 0.15) is 23.2 Å². The van der Waals surface area contributed by atoms with Gasteiger partial charge in [0.15, 0.2) is 11.3 Å². The fourth-order valence-electron chi connectivity index (χ4n) is 2.91. The number of rotatable bonds is 5. The molecule has 0 spiro atoms. The number of benzene rings is 2. The Morgan fingerprint density at radius 1 is 1.13 bits per heavy atom. The fraction of sp³-hybridized carbons (Fsp3) is 0.0952. The average molecular weight is 409 g/mol. The number of nitrogens with one attached hydrogen (secondary N) is 2. The van der Waals surface area contributed by atoms with Crippen LogP contribution in [-0.2, 0) is 6.54 Å². The van der Waals surface area contributed by atoms with Crippen LogP contribution in [0.2, 0.25) is 0 Å². The fourth-order valence-corrected chi connectivity index (χ4v) is 2.91. The molecule has 152 valence electrons. The molecule has 0 unspecified atom stereocenters. The largest absolute Gasteiger partial charge is 0.508 e. The van der Waals surface area contributed by atoms with E-state index in [1.165, 1.54) is 35.0 Å². The standard InChI is InChI=1S/C21H17F2N5O2/c1-12-8-19-24-11-18(21(30)26-17-7-6-15(29)9-16(17)23)28(19)27-20(12)25-10-13-2-4-14(22)5-3-13/h2-9,11,29H,10H2,1H3,(H,25,27)(H,26,30). The second-order valence-electron chi connectivity index (χ2n) is 6.69. The first-order valence-corrected chi connectivity index (χ1v) is 9.04. The highest BCUT2D eigenvalue weighted by molar-refractivity contribution is 6.03. The number of hydrogen-bond acceptors (Lipinski definition) is 5. The molecule has 0 radical (unpaired) electrons. The molecular weight excluding hydrogens is 392 g/mol. The van der Waals surface area contributed by atoms with Gasteiger partial charge in [-0.3, -0.25) is 4.79 Å². The summed E-state index contributed by atoms with van der Waals surface area (Å²) in [6.07, 6.45) is 1.35. The highest BCUT2D eigenvalue weighted by Gasteiger charge is 2.17. The van der Waals surface area contributed by atoms with Crippen LogP contribution in [0.5, 0.6) is 5.75 Å². The van der Waals surface area contributed by atoms with E-state index in [2.05, 4.69) is 20.7 Å². The zero-order valence-corrected chi connectivity index (χ0v) is 15.9. The van der Waals surface area contributed by atoms with E-state index in [0.717, 1.165) is 17.2 Å². The van der Waals surface area contributed by atoms with E-state index >= 15 is 0 Å². The predicted molar refractivity (Wildman–Crippen MR) is 107 cm³/mol. The summed E-state index contributed by atoms with van der Waals surface area (Å²) in [6.45, 7) is 2.26. The van der Waals surface area contributed by atoms with Gasteiger partial charge >= 0.3 is 0 Å². The van der Waals surface area contributed by atoms with Crippen molar-refractivity contribution in [3.05, 3.63) is 83.2 Å². The minimum atomic E-state index is -0.761. The van der Waals surface area contributed by atoms with Crippen molar-refractivity contribution in [2.45, 2.75) is 13.5 Å². The summed E-state index contributed by atoms with van der Waals surface area (Å²) in [4.78, 5) is 16.8. The molecule has 0 aliphatic carbocycles. The molecule has 0 aliphatic heterocycles. The van der Waals surface area contributed by atoms with E-state index in [0.29, 0.717) is 18.0 Å².